The Morgan fingerprint density at radius 2 is 2.06 bits per heavy atom. The first-order valence-corrected chi connectivity index (χ1v) is 11.1. The molecule has 1 atom stereocenters. The quantitative estimate of drug-likeness (QED) is 0.553. The summed E-state index contributed by atoms with van der Waals surface area (Å²) in [6.07, 6.45) is 8.91. The van der Waals surface area contributed by atoms with Crippen LogP contribution >= 0.6 is 11.6 Å². The molecule has 32 heavy (non-hydrogen) atoms. The van der Waals surface area contributed by atoms with Crippen molar-refractivity contribution in [3.63, 3.8) is 0 Å². The predicted octanol–water partition coefficient (Wildman–Crippen LogP) is 3.25. The van der Waals surface area contributed by atoms with Crippen LogP contribution in [0.3, 0.4) is 0 Å². The lowest BCUT2D eigenvalue weighted by Gasteiger charge is -2.42. The van der Waals surface area contributed by atoms with Crippen LogP contribution in [0, 0.1) is 12.8 Å². The van der Waals surface area contributed by atoms with Gasteiger partial charge in [0.25, 0.3) is 0 Å². The number of fused-ring (bicyclic) bond motifs is 1. The summed E-state index contributed by atoms with van der Waals surface area (Å²) in [6, 6.07) is 3.54. The van der Waals surface area contributed by atoms with Crippen LogP contribution in [0.5, 0.6) is 0 Å². The fraction of sp³-hybridized carbons (Fsp3) is 0.409. The molecule has 0 aromatic carbocycles. The van der Waals surface area contributed by atoms with Gasteiger partial charge in [-0.25, -0.2) is 9.97 Å². The molecule has 0 bridgehead atoms. The molecule has 0 saturated heterocycles. The Kier molecular flexibility index (Phi) is 5.42. The Balaban J connectivity index is 1.28. The van der Waals surface area contributed by atoms with Gasteiger partial charge in [0.05, 0.1) is 18.4 Å². The van der Waals surface area contributed by atoms with E-state index in [4.69, 9.17) is 16.6 Å². The number of nitrogens with one attached hydrogen (secondary N) is 2. The van der Waals surface area contributed by atoms with Crippen molar-refractivity contribution in [3.8, 4) is 0 Å². The smallest absolute Gasteiger partial charge is 0.247 e. The molecule has 0 spiro atoms. The highest BCUT2D eigenvalue weighted by atomic mass is 35.5. The molecule has 1 saturated carbocycles. The van der Waals surface area contributed by atoms with Gasteiger partial charge in [-0.2, -0.15) is 10.1 Å². The van der Waals surface area contributed by atoms with E-state index in [0.717, 1.165) is 35.5 Å². The van der Waals surface area contributed by atoms with E-state index in [0.29, 0.717) is 35.8 Å². The molecule has 2 aliphatic rings. The van der Waals surface area contributed by atoms with Gasteiger partial charge >= 0.3 is 0 Å². The highest BCUT2D eigenvalue weighted by molar-refractivity contribution is 6.29. The summed E-state index contributed by atoms with van der Waals surface area (Å²) in [6.45, 7) is 3.05. The van der Waals surface area contributed by atoms with Crippen LogP contribution in [-0.4, -0.2) is 43.7 Å². The van der Waals surface area contributed by atoms with Crippen molar-refractivity contribution in [1.29, 1.82) is 0 Å². The zero-order chi connectivity index (χ0) is 22.2. The van der Waals surface area contributed by atoms with Crippen LogP contribution in [0.2, 0.25) is 5.15 Å². The Hall–Kier alpha value is -3.20. The van der Waals surface area contributed by atoms with E-state index in [1.165, 1.54) is 6.42 Å². The number of amides is 1. The molecule has 4 heterocycles. The van der Waals surface area contributed by atoms with Crippen LogP contribution in [0.4, 0.5) is 17.5 Å². The Bertz CT molecular complexity index is 1140. The summed E-state index contributed by atoms with van der Waals surface area (Å²) in [5.41, 5.74) is 3.48. The van der Waals surface area contributed by atoms with Crippen LogP contribution in [-0.2, 0) is 17.9 Å². The Morgan fingerprint density at radius 3 is 2.78 bits per heavy atom. The van der Waals surface area contributed by atoms with Crippen LogP contribution in [0.1, 0.15) is 36.1 Å². The van der Waals surface area contributed by atoms with E-state index in [-0.39, 0.29) is 11.9 Å². The van der Waals surface area contributed by atoms with Gasteiger partial charge in [-0.15, -0.1) is 0 Å². The number of likely N-dealkylation sites (N-methyl/N-ethyl adjacent to an activating group) is 1. The second-order valence-electron chi connectivity index (χ2n) is 8.46. The van der Waals surface area contributed by atoms with E-state index in [9.17, 15) is 4.79 Å². The normalized spacial score (nSPS) is 18.2. The van der Waals surface area contributed by atoms with Crippen molar-refractivity contribution in [2.75, 3.05) is 22.6 Å². The first-order valence-electron chi connectivity index (χ1n) is 10.8. The zero-order valence-corrected chi connectivity index (χ0v) is 18.8. The summed E-state index contributed by atoms with van der Waals surface area (Å²) in [4.78, 5) is 28.0. The molecular formula is C22H25ClN8O. The van der Waals surface area contributed by atoms with Crippen molar-refractivity contribution in [1.82, 2.24) is 24.7 Å². The maximum Gasteiger partial charge on any atom is 0.247 e. The van der Waals surface area contributed by atoms with E-state index in [1.807, 2.05) is 42.0 Å². The predicted molar refractivity (Wildman–Crippen MR) is 123 cm³/mol. The number of hydrogen-bond acceptors (Lipinski definition) is 7. The third kappa shape index (κ3) is 4.00. The van der Waals surface area contributed by atoms with Gasteiger partial charge in [0.2, 0.25) is 11.9 Å². The van der Waals surface area contributed by atoms with Gasteiger partial charge in [-0.1, -0.05) is 24.1 Å². The number of aryl methyl sites for hydroxylation is 1. The first-order chi connectivity index (χ1) is 15.5. The molecule has 166 valence electrons. The molecule has 1 aliphatic carbocycles. The minimum Gasteiger partial charge on any atom is -0.350 e. The summed E-state index contributed by atoms with van der Waals surface area (Å²) in [7, 11) is 1.95. The number of pyridine rings is 1. The van der Waals surface area contributed by atoms with E-state index >= 15 is 0 Å². The topological polar surface area (TPSA) is 101 Å². The number of anilines is 3. The number of halogens is 1. The third-order valence-electron chi connectivity index (χ3n) is 6.21. The molecule has 1 amide bonds. The summed E-state index contributed by atoms with van der Waals surface area (Å²) >= 11 is 5.85. The second-order valence-corrected chi connectivity index (χ2v) is 8.84. The lowest BCUT2D eigenvalue weighted by atomic mass is 9.78. The van der Waals surface area contributed by atoms with Gasteiger partial charge in [0.15, 0.2) is 5.82 Å². The standard InChI is InChI=1S/C22H25ClN8O/c1-13-18-20(30(2)19(21(32)28-18)16-4-3-5-16)29-22(27-13)25-9-15-10-26-31(12-15)11-14-6-7-17(23)24-8-14/h6-8,10,12,16,19H,3-5,9,11H2,1-2H3,(H,28,32)(H,25,27,29). The van der Waals surface area contributed by atoms with Gasteiger partial charge in [0, 0.05) is 31.5 Å². The lowest BCUT2D eigenvalue weighted by molar-refractivity contribution is -0.119. The molecule has 2 N–H and O–H groups in total. The maximum absolute atomic E-state index is 12.7. The number of hydrogen-bond donors (Lipinski definition) is 2. The molecule has 1 aliphatic heterocycles. The molecule has 1 fully saturated rings. The third-order valence-corrected chi connectivity index (χ3v) is 6.43. The minimum atomic E-state index is -0.168. The Labute approximate surface area is 191 Å². The van der Waals surface area contributed by atoms with Crippen LogP contribution in [0.25, 0.3) is 0 Å². The van der Waals surface area contributed by atoms with Gasteiger partial charge < -0.3 is 15.5 Å². The minimum absolute atomic E-state index is 0.0420. The van der Waals surface area contributed by atoms with Crippen molar-refractivity contribution >= 4 is 35.0 Å². The molecule has 1 unspecified atom stereocenters. The van der Waals surface area contributed by atoms with E-state index in [1.54, 1.807) is 12.3 Å². The molecule has 9 nitrogen and oxygen atoms in total. The maximum atomic E-state index is 12.7. The number of nitrogens with zero attached hydrogens (tertiary/aromatic N) is 6. The fourth-order valence-electron chi connectivity index (χ4n) is 4.28. The highest BCUT2D eigenvalue weighted by Crippen LogP contribution is 2.39. The molecule has 5 rings (SSSR count). The van der Waals surface area contributed by atoms with E-state index < -0.39 is 0 Å². The van der Waals surface area contributed by atoms with Crippen molar-refractivity contribution in [2.45, 2.75) is 45.3 Å². The number of rotatable bonds is 6. The molecule has 0 radical (unpaired) electrons. The Morgan fingerprint density at radius 1 is 1.22 bits per heavy atom. The number of carbonyl (C=O) groups is 1. The van der Waals surface area contributed by atoms with Gasteiger partial charge in [-0.3, -0.25) is 9.48 Å². The van der Waals surface area contributed by atoms with Crippen molar-refractivity contribution in [2.24, 2.45) is 5.92 Å². The van der Waals surface area contributed by atoms with Crippen molar-refractivity contribution < 1.29 is 4.79 Å². The van der Waals surface area contributed by atoms with Gasteiger partial charge in [-0.05, 0) is 37.3 Å². The van der Waals surface area contributed by atoms with Crippen molar-refractivity contribution in [3.05, 3.63) is 52.7 Å². The van der Waals surface area contributed by atoms with Crippen LogP contribution < -0.4 is 15.5 Å². The second kappa shape index (κ2) is 8.38. The number of aromatic nitrogens is 5. The average molecular weight is 453 g/mol. The molecular weight excluding hydrogens is 428 g/mol. The summed E-state index contributed by atoms with van der Waals surface area (Å²) in [5.74, 6) is 1.73. The summed E-state index contributed by atoms with van der Waals surface area (Å²) in [5, 5.41) is 11.2. The van der Waals surface area contributed by atoms with Gasteiger partial charge in [0.1, 0.15) is 16.9 Å². The highest BCUT2D eigenvalue weighted by Gasteiger charge is 2.40. The SMILES string of the molecule is Cc1nc(NCc2cnn(Cc3ccc(Cl)nc3)c2)nc2c1NC(=O)C(C1CCC1)N2C. The monoisotopic (exact) mass is 452 g/mol. The first kappa shape index (κ1) is 20.7. The molecule has 10 heteroatoms. The fourth-order valence-corrected chi connectivity index (χ4v) is 4.39. The zero-order valence-electron chi connectivity index (χ0n) is 18.0. The average Bonchev–Trinajstić information content (AvgIpc) is 3.18. The van der Waals surface area contributed by atoms with E-state index in [2.05, 4.69) is 25.7 Å². The number of carbonyl (C=O) groups excluding carboxylic acids is 1. The molecule has 3 aromatic heterocycles. The molecule has 3 aromatic rings. The van der Waals surface area contributed by atoms with Crippen LogP contribution in [0.15, 0.2) is 30.7 Å². The largest absolute Gasteiger partial charge is 0.350 e. The lowest BCUT2D eigenvalue weighted by Crippen LogP contribution is -2.52. The summed E-state index contributed by atoms with van der Waals surface area (Å²) < 4.78 is 1.85.